The quantitative estimate of drug-likeness (QED) is 0.602. The summed E-state index contributed by atoms with van der Waals surface area (Å²) in [7, 11) is 0. The highest BCUT2D eigenvalue weighted by Gasteiger charge is 2.27. The Balaban J connectivity index is 2.22. The van der Waals surface area contributed by atoms with Gasteiger partial charge < -0.3 is 14.8 Å². The summed E-state index contributed by atoms with van der Waals surface area (Å²) < 4.78 is 10.3. The number of alkyl halides is 1. The Bertz CT molecular complexity index is 589. The fraction of sp³-hybridized carbons (Fsp3) is 0.529. The highest BCUT2D eigenvalue weighted by Crippen LogP contribution is 2.30. The second kappa shape index (κ2) is 7.45. The van der Waals surface area contributed by atoms with Crippen LogP contribution >= 0.6 is 15.9 Å². The number of hydrogen-bond acceptors (Lipinski definition) is 4. The summed E-state index contributed by atoms with van der Waals surface area (Å²) in [5.74, 6) is 0.264. The van der Waals surface area contributed by atoms with Gasteiger partial charge in [-0.2, -0.15) is 0 Å². The lowest BCUT2D eigenvalue weighted by Crippen LogP contribution is -2.27. The maximum Gasteiger partial charge on any atom is 0.253 e. The van der Waals surface area contributed by atoms with Crippen molar-refractivity contribution in [2.45, 2.75) is 44.0 Å². The molecule has 1 aromatic rings. The Morgan fingerprint density at radius 3 is 2.74 bits per heavy atom. The van der Waals surface area contributed by atoms with E-state index in [1.165, 1.54) is 0 Å². The summed E-state index contributed by atoms with van der Waals surface area (Å²) in [4.78, 5) is 24.5. The molecule has 1 aromatic carbocycles. The number of halogens is 1. The van der Waals surface area contributed by atoms with Crippen LogP contribution in [0.25, 0.3) is 0 Å². The smallest absolute Gasteiger partial charge is 0.253 e. The van der Waals surface area contributed by atoms with Crippen molar-refractivity contribution in [3.8, 4) is 5.75 Å². The van der Waals surface area contributed by atoms with Gasteiger partial charge in [0.2, 0.25) is 0 Å². The molecule has 0 spiro atoms. The largest absolute Gasteiger partial charge is 0.492 e. The van der Waals surface area contributed by atoms with Crippen molar-refractivity contribution in [2.24, 2.45) is 0 Å². The van der Waals surface area contributed by atoms with Gasteiger partial charge in [-0.15, -0.1) is 0 Å². The molecule has 5 nitrogen and oxygen atoms in total. The molecule has 0 radical (unpaired) electrons. The molecule has 23 heavy (non-hydrogen) atoms. The van der Waals surface area contributed by atoms with E-state index in [9.17, 15) is 9.59 Å². The first kappa shape index (κ1) is 17.9. The van der Waals surface area contributed by atoms with Crippen LogP contribution in [0, 0.1) is 0 Å². The van der Waals surface area contributed by atoms with Gasteiger partial charge in [0, 0.05) is 12.2 Å². The summed E-state index contributed by atoms with van der Waals surface area (Å²) >= 11 is 3.37. The van der Waals surface area contributed by atoms with E-state index in [4.69, 9.17) is 9.47 Å². The van der Waals surface area contributed by atoms with Gasteiger partial charge in [0.1, 0.15) is 11.9 Å². The van der Waals surface area contributed by atoms with E-state index in [1.54, 1.807) is 32.0 Å². The predicted octanol–water partition coefficient (Wildman–Crippen LogP) is 3.56. The van der Waals surface area contributed by atoms with E-state index in [-0.39, 0.29) is 11.7 Å². The number of amides is 1. The van der Waals surface area contributed by atoms with Crippen molar-refractivity contribution in [1.82, 2.24) is 0 Å². The number of anilines is 1. The summed E-state index contributed by atoms with van der Waals surface area (Å²) in [5.41, 5.74) is 1.08. The number of carbonyl (C=O) groups is 2. The standard InChI is InChI=1S/C17H22BrNO4/c1-4-22-14-10-11(15(20)17(2,3)18)7-8-12(14)19-16(21)13-6-5-9-23-13/h7-8,10,13H,4-6,9H2,1-3H3,(H,19,21). The molecule has 0 bridgehead atoms. The Hall–Kier alpha value is -1.40. The van der Waals surface area contributed by atoms with Crippen LogP contribution < -0.4 is 10.1 Å². The van der Waals surface area contributed by atoms with Gasteiger partial charge >= 0.3 is 0 Å². The minimum absolute atomic E-state index is 0.0459. The van der Waals surface area contributed by atoms with E-state index in [2.05, 4.69) is 21.2 Å². The van der Waals surface area contributed by atoms with Gasteiger partial charge in [0.05, 0.1) is 16.6 Å². The monoisotopic (exact) mass is 383 g/mol. The average molecular weight is 384 g/mol. The first-order valence-electron chi connectivity index (χ1n) is 7.76. The number of rotatable bonds is 6. The molecule has 0 saturated carbocycles. The van der Waals surface area contributed by atoms with Crippen LogP contribution in [-0.4, -0.2) is 35.3 Å². The molecule has 1 aliphatic rings. The Morgan fingerprint density at radius 2 is 2.17 bits per heavy atom. The van der Waals surface area contributed by atoms with Crippen LogP contribution in [0.15, 0.2) is 18.2 Å². The lowest BCUT2D eigenvalue weighted by molar-refractivity contribution is -0.124. The van der Waals surface area contributed by atoms with Crippen LogP contribution in [0.4, 0.5) is 5.69 Å². The molecular formula is C17H22BrNO4. The molecule has 1 N–H and O–H groups in total. The summed E-state index contributed by atoms with van der Waals surface area (Å²) in [6.45, 7) is 6.50. The van der Waals surface area contributed by atoms with Gasteiger partial charge in [-0.1, -0.05) is 15.9 Å². The van der Waals surface area contributed by atoms with Gasteiger partial charge in [-0.25, -0.2) is 0 Å². The molecule has 1 heterocycles. The van der Waals surface area contributed by atoms with Gasteiger partial charge in [-0.3, -0.25) is 9.59 Å². The fourth-order valence-electron chi connectivity index (χ4n) is 2.38. The highest BCUT2D eigenvalue weighted by molar-refractivity contribution is 9.10. The lowest BCUT2D eigenvalue weighted by atomic mass is 10.0. The van der Waals surface area contributed by atoms with Crippen molar-refractivity contribution in [3.05, 3.63) is 23.8 Å². The van der Waals surface area contributed by atoms with Crippen molar-refractivity contribution in [2.75, 3.05) is 18.5 Å². The zero-order chi connectivity index (χ0) is 17.0. The topological polar surface area (TPSA) is 64.6 Å². The summed E-state index contributed by atoms with van der Waals surface area (Å²) in [6, 6.07) is 5.06. The average Bonchev–Trinajstić information content (AvgIpc) is 3.02. The second-order valence-electron chi connectivity index (χ2n) is 5.94. The molecule has 0 aromatic heterocycles. The van der Waals surface area contributed by atoms with Gasteiger partial charge in [0.15, 0.2) is 5.78 Å². The third kappa shape index (κ3) is 4.54. The molecular weight excluding hydrogens is 362 g/mol. The summed E-state index contributed by atoms with van der Waals surface area (Å²) in [5, 5.41) is 2.83. The van der Waals surface area contributed by atoms with E-state index >= 15 is 0 Å². The number of Topliss-reactive ketones (excluding diaryl/α,β-unsaturated/α-hetero) is 1. The number of ether oxygens (including phenoxy) is 2. The third-order valence-corrected chi connectivity index (χ3v) is 3.92. The number of benzene rings is 1. The van der Waals surface area contributed by atoms with E-state index in [0.717, 1.165) is 12.8 Å². The zero-order valence-corrected chi connectivity index (χ0v) is 15.2. The second-order valence-corrected chi connectivity index (χ2v) is 7.92. The molecule has 126 valence electrons. The van der Waals surface area contributed by atoms with Crippen molar-refractivity contribution in [3.63, 3.8) is 0 Å². The molecule has 1 saturated heterocycles. The van der Waals surface area contributed by atoms with E-state index in [0.29, 0.717) is 30.2 Å². The minimum Gasteiger partial charge on any atom is -0.492 e. The Kier molecular flexibility index (Phi) is 5.81. The van der Waals surface area contributed by atoms with Crippen LogP contribution in [0.5, 0.6) is 5.75 Å². The molecule has 6 heteroatoms. The Morgan fingerprint density at radius 1 is 1.43 bits per heavy atom. The van der Waals surface area contributed by atoms with E-state index < -0.39 is 10.4 Å². The maximum atomic E-state index is 12.4. The predicted molar refractivity (Wildman–Crippen MR) is 92.6 cm³/mol. The van der Waals surface area contributed by atoms with Gasteiger partial charge in [0.25, 0.3) is 5.91 Å². The fourth-order valence-corrected chi connectivity index (χ4v) is 2.61. The number of carbonyl (C=O) groups excluding carboxylic acids is 2. The molecule has 1 amide bonds. The molecule has 1 unspecified atom stereocenters. The normalized spacial score (nSPS) is 17.8. The van der Waals surface area contributed by atoms with Gasteiger partial charge in [-0.05, 0) is 51.8 Å². The van der Waals surface area contributed by atoms with Crippen molar-refractivity contribution < 1.29 is 19.1 Å². The zero-order valence-electron chi connectivity index (χ0n) is 13.6. The maximum absolute atomic E-state index is 12.4. The first-order valence-corrected chi connectivity index (χ1v) is 8.55. The summed E-state index contributed by atoms with van der Waals surface area (Å²) in [6.07, 6.45) is 1.21. The highest BCUT2D eigenvalue weighted by atomic mass is 79.9. The molecule has 1 atom stereocenters. The van der Waals surface area contributed by atoms with Crippen LogP contribution in [-0.2, 0) is 9.53 Å². The first-order chi connectivity index (χ1) is 10.8. The third-order valence-electron chi connectivity index (χ3n) is 3.56. The number of nitrogens with one attached hydrogen (secondary N) is 1. The molecule has 0 aliphatic carbocycles. The van der Waals surface area contributed by atoms with Crippen LogP contribution in [0.1, 0.15) is 44.0 Å². The molecule has 1 fully saturated rings. The van der Waals surface area contributed by atoms with E-state index in [1.807, 2.05) is 6.92 Å². The SMILES string of the molecule is CCOc1cc(C(=O)C(C)(C)Br)ccc1NC(=O)C1CCCO1. The number of hydrogen-bond donors (Lipinski definition) is 1. The Labute approximate surface area is 144 Å². The van der Waals surface area contributed by atoms with Crippen molar-refractivity contribution >= 4 is 33.3 Å². The number of ketones is 1. The molecule has 1 aliphatic heterocycles. The molecule has 2 rings (SSSR count). The lowest BCUT2D eigenvalue weighted by Gasteiger charge is -2.18. The van der Waals surface area contributed by atoms with Crippen molar-refractivity contribution in [1.29, 1.82) is 0 Å². The van der Waals surface area contributed by atoms with Crippen LogP contribution in [0.3, 0.4) is 0 Å². The minimum atomic E-state index is -0.654. The van der Waals surface area contributed by atoms with Crippen LogP contribution in [0.2, 0.25) is 0 Å².